The number of carbonyl (C=O) groups is 1. The van der Waals surface area contributed by atoms with E-state index in [9.17, 15) is 9.18 Å². The molecule has 0 radical (unpaired) electrons. The van der Waals surface area contributed by atoms with Gasteiger partial charge in [-0.25, -0.2) is 9.18 Å². The molecule has 0 aliphatic carbocycles. The van der Waals surface area contributed by atoms with Gasteiger partial charge in [0.2, 0.25) is 0 Å². The summed E-state index contributed by atoms with van der Waals surface area (Å²) in [5.41, 5.74) is 1.05. The van der Waals surface area contributed by atoms with Gasteiger partial charge in [0.05, 0.1) is 0 Å². The van der Waals surface area contributed by atoms with E-state index in [1.165, 1.54) is 12.1 Å². The van der Waals surface area contributed by atoms with Gasteiger partial charge in [-0.1, -0.05) is 0 Å². The number of nitrogens with zero attached hydrogens (tertiary/aromatic N) is 2. The van der Waals surface area contributed by atoms with Crippen LogP contribution in [0.15, 0.2) is 24.3 Å². The maximum Gasteiger partial charge on any atom is 0.314 e. The first-order valence-corrected chi connectivity index (χ1v) is 9.77. The smallest absolute Gasteiger partial charge is 0.314 e. The Balaban J connectivity index is 1.33. The van der Waals surface area contributed by atoms with Crippen LogP contribution in [0.3, 0.4) is 0 Å². The molecule has 0 bridgehead atoms. The summed E-state index contributed by atoms with van der Waals surface area (Å²) in [6.45, 7) is 9.94. The van der Waals surface area contributed by atoms with Crippen molar-refractivity contribution < 1.29 is 9.18 Å². The summed E-state index contributed by atoms with van der Waals surface area (Å²) in [5.74, 6) is 0.791. The van der Waals surface area contributed by atoms with E-state index in [0.29, 0.717) is 24.4 Å². The summed E-state index contributed by atoms with van der Waals surface area (Å²) >= 11 is 0. The Morgan fingerprint density at radius 1 is 1.08 bits per heavy atom. The first-order valence-electron chi connectivity index (χ1n) is 9.77. The van der Waals surface area contributed by atoms with Gasteiger partial charge in [-0.15, -0.1) is 0 Å². The predicted octanol–water partition coefficient (Wildman–Crippen LogP) is 2.68. The summed E-state index contributed by atoms with van der Waals surface area (Å²) in [4.78, 5) is 16.8. The van der Waals surface area contributed by atoms with Gasteiger partial charge in [0.15, 0.2) is 0 Å². The predicted molar refractivity (Wildman–Crippen MR) is 103 cm³/mol. The van der Waals surface area contributed by atoms with Crippen LogP contribution in [0.1, 0.15) is 26.7 Å². The van der Waals surface area contributed by atoms with E-state index in [-0.39, 0.29) is 11.8 Å². The molecule has 0 unspecified atom stereocenters. The van der Waals surface area contributed by atoms with Crippen molar-refractivity contribution in [2.75, 3.05) is 44.2 Å². The van der Waals surface area contributed by atoms with Crippen molar-refractivity contribution in [3.8, 4) is 0 Å². The topological polar surface area (TPSA) is 47.6 Å². The van der Waals surface area contributed by atoms with Crippen LogP contribution in [-0.4, -0.2) is 56.2 Å². The average molecular weight is 362 g/mol. The average Bonchev–Trinajstić information content (AvgIpc) is 3.28. The number of hydrogen-bond donors (Lipinski definition) is 2. The number of amides is 2. The quantitative estimate of drug-likeness (QED) is 0.818. The zero-order chi connectivity index (χ0) is 18.5. The molecular weight excluding hydrogens is 331 g/mol. The van der Waals surface area contributed by atoms with E-state index < -0.39 is 0 Å². The number of benzene rings is 1. The Kier molecular flexibility index (Phi) is 6.35. The summed E-state index contributed by atoms with van der Waals surface area (Å²) in [6, 6.07) is 7.16. The van der Waals surface area contributed by atoms with Crippen molar-refractivity contribution in [3.63, 3.8) is 0 Å². The summed E-state index contributed by atoms with van der Waals surface area (Å²) in [5, 5.41) is 6.04. The first kappa shape index (κ1) is 19.0. The fourth-order valence-electron chi connectivity index (χ4n) is 3.92. The summed E-state index contributed by atoms with van der Waals surface area (Å²) in [6.07, 6.45) is 2.21. The molecule has 2 amide bonds. The lowest BCUT2D eigenvalue weighted by atomic mass is 10.1. The third-order valence-corrected chi connectivity index (χ3v) is 5.63. The largest absolute Gasteiger partial charge is 0.371 e. The van der Waals surface area contributed by atoms with Gasteiger partial charge < -0.3 is 20.4 Å². The molecule has 2 aliphatic rings. The van der Waals surface area contributed by atoms with Gasteiger partial charge in [0, 0.05) is 44.5 Å². The van der Waals surface area contributed by atoms with E-state index in [0.717, 1.165) is 51.3 Å². The molecule has 2 saturated heterocycles. The number of halogens is 1. The van der Waals surface area contributed by atoms with E-state index in [1.807, 2.05) is 12.1 Å². The van der Waals surface area contributed by atoms with Crippen LogP contribution in [0.25, 0.3) is 0 Å². The normalized spacial score (nSPS) is 23.6. The number of rotatable bonds is 6. The highest BCUT2D eigenvalue weighted by molar-refractivity contribution is 5.73. The van der Waals surface area contributed by atoms with Gasteiger partial charge in [-0.3, -0.25) is 0 Å². The van der Waals surface area contributed by atoms with Crippen molar-refractivity contribution >= 4 is 11.7 Å². The SMILES string of the molecule is CC(C)N1CC[C@@H](CNC(=O)NC[C@@H]2CCN(c3ccc(F)cc3)C2)C1. The summed E-state index contributed by atoms with van der Waals surface area (Å²) in [7, 11) is 0. The molecule has 2 atom stereocenters. The van der Waals surface area contributed by atoms with Crippen LogP contribution in [0.5, 0.6) is 0 Å². The number of likely N-dealkylation sites (tertiary alicyclic amines) is 1. The number of nitrogens with one attached hydrogen (secondary N) is 2. The van der Waals surface area contributed by atoms with E-state index in [1.54, 1.807) is 0 Å². The summed E-state index contributed by atoms with van der Waals surface area (Å²) < 4.78 is 13.0. The molecule has 1 aromatic carbocycles. The highest BCUT2D eigenvalue weighted by Crippen LogP contribution is 2.23. The van der Waals surface area contributed by atoms with E-state index >= 15 is 0 Å². The number of hydrogen-bond acceptors (Lipinski definition) is 3. The Bertz CT molecular complexity index is 592. The van der Waals surface area contributed by atoms with Crippen molar-refractivity contribution in [1.29, 1.82) is 0 Å². The Hall–Kier alpha value is -1.82. The van der Waals surface area contributed by atoms with Gasteiger partial charge in [0.25, 0.3) is 0 Å². The Morgan fingerprint density at radius 2 is 1.69 bits per heavy atom. The van der Waals surface area contributed by atoms with E-state index in [2.05, 4.69) is 34.3 Å². The minimum Gasteiger partial charge on any atom is -0.371 e. The Morgan fingerprint density at radius 3 is 2.31 bits per heavy atom. The highest BCUT2D eigenvalue weighted by atomic mass is 19.1. The van der Waals surface area contributed by atoms with Crippen LogP contribution >= 0.6 is 0 Å². The van der Waals surface area contributed by atoms with Gasteiger partial charge in [-0.2, -0.15) is 0 Å². The lowest BCUT2D eigenvalue weighted by Crippen LogP contribution is -2.41. The fraction of sp³-hybridized carbons (Fsp3) is 0.650. The molecule has 0 saturated carbocycles. The molecule has 5 nitrogen and oxygen atoms in total. The van der Waals surface area contributed by atoms with Crippen molar-refractivity contribution in [1.82, 2.24) is 15.5 Å². The van der Waals surface area contributed by atoms with Crippen molar-refractivity contribution in [2.45, 2.75) is 32.7 Å². The third kappa shape index (κ3) is 5.10. The second-order valence-corrected chi connectivity index (χ2v) is 7.91. The first-order chi connectivity index (χ1) is 12.5. The lowest BCUT2D eigenvalue weighted by Gasteiger charge is -2.20. The minimum absolute atomic E-state index is 0.0618. The molecule has 2 fully saturated rings. The van der Waals surface area contributed by atoms with Crippen LogP contribution in [0.4, 0.5) is 14.9 Å². The minimum atomic E-state index is -0.207. The second-order valence-electron chi connectivity index (χ2n) is 7.91. The highest BCUT2D eigenvalue weighted by Gasteiger charge is 2.25. The van der Waals surface area contributed by atoms with Crippen molar-refractivity contribution in [2.24, 2.45) is 11.8 Å². The maximum atomic E-state index is 13.0. The van der Waals surface area contributed by atoms with Crippen LogP contribution in [0.2, 0.25) is 0 Å². The zero-order valence-electron chi connectivity index (χ0n) is 15.9. The molecule has 2 N–H and O–H groups in total. The molecule has 0 spiro atoms. The molecule has 26 heavy (non-hydrogen) atoms. The molecule has 144 valence electrons. The van der Waals surface area contributed by atoms with Crippen LogP contribution in [-0.2, 0) is 0 Å². The molecule has 2 heterocycles. The third-order valence-electron chi connectivity index (χ3n) is 5.63. The molecular formula is C20H31FN4O. The molecule has 3 rings (SSSR count). The lowest BCUT2D eigenvalue weighted by molar-refractivity contribution is 0.235. The Labute approximate surface area is 155 Å². The molecule has 0 aromatic heterocycles. The van der Waals surface area contributed by atoms with Crippen molar-refractivity contribution in [3.05, 3.63) is 30.1 Å². The maximum absolute atomic E-state index is 13.0. The van der Waals surface area contributed by atoms with Gasteiger partial charge >= 0.3 is 6.03 Å². The number of carbonyl (C=O) groups excluding carboxylic acids is 1. The second kappa shape index (κ2) is 8.71. The number of urea groups is 1. The van der Waals surface area contributed by atoms with Crippen LogP contribution < -0.4 is 15.5 Å². The number of anilines is 1. The van der Waals surface area contributed by atoms with Crippen LogP contribution in [0, 0.1) is 17.7 Å². The van der Waals surface area contributed by atoms with Gasteiger partial charge in [0.1, 0.15) is 5.82 Å². The fourth-order valence-corrected chi connectivity index (χ4v) is 3.92. The zero-order valence-corrected chi connectivity index (χ0v) is 15.9. The monoisotopic (exact) mass is 362 g/mol. The standard InChI is InChI=1S/C20H31FN4O/c1-15(2)24-9-7-16(13-24)11-22-20(26)23-12-17-8-10-25(14-17)19-5-3-18(21)4-6-19/h3-6,15-17H,7-14H2,1-2H3,(H2,22,23,26)/t16-,17-/m0/s1. The molecule has 6 heteroatoms. The van der Waals surface area contributed by atoms with Gasteiger partial charge in [-0.05, 0) is 69.3 Å². The van der Waals surface area contributed by atoms with E-state index in [4.69, 9.17) is 0 Å². The molecule has 2 aliphatic heterocycles. The molecule has 1 aromatic rings.